The predicted molar refractivity (Wildman–Crippen MR) is 83.0 cm³/mol. The topological polar surface area (TPSA) is 44.6 Å². The number of hydrogen-bond donors (Lipinski definition) is 2. The van der Waals surface area contributed by atoms with Crippen LogP contribution in [0.1, 0.15) is 17.5 Å². The summed E-state index contributed by atoms with van der Waals surface area (Å²) in [6.45, 7) is 0. The minimum absolute atomic E-state index is 0.632. The highest BCUT2D eigenvalue weighted by Gasteiger charge is 2.11. The third-order valence-electron chi connectivity index (χ3n) is 3.26. The lowest BCUT2D eigenvalue weighted by molar-refractivity contribution is 0.232. The average Bonchev–Trinajstić information content (AvgIpc) is 2.69. The number of benzene rings is 2. The molecule has 3 nitrogen and oxygen atoms in total. The van der Waals surface area contributed by atoms with E-state index in [1.807, 2.05) is 12.1 Å². The largest absolute Gasteiger partial charge is 0.290 e. The predicted octanol–water partition coefficient (Wildman–Crippen LogP) is 3.78. The summed E-state index contributed by atoms with van der Waals surface area (Å²) in [5.74, 6) is 1.56. The Morgan fingerprint density at radius 3 is 2.75 bits per heavy atom. The fourth-order valence-corrected chi connectivity index (χ4v) is 3.26. The highest BCUT2D eigenvalue weighted by atomic mass is 32.2. The molecule has 0 saturated heterocycles. The number of hydrogen-bond acceptors (Lipinski definition) is 4. The maximum absolute atomic E-state index is 9.00. The van der Waals surface area contributed by atoms with Crippen LogP contribution in [0.15, 0.2) is 58.4 Å². The van der Waals surface area contributed by atoms with Crippen LogP contribution in [0.25, 0.3) is 0 Å². The fourth-order valence-electron chi connectivity index (χ4n) is 2.25. The summed E-state index contributed by atoms with van der Waals surface area (Å²) in [6.07, 6.45) is 1.69. The molecule has 0 fully saturated rings. The molecule has 2 N–H and O–H groups in total. The van der Waals surface area contributed by atoms with E-state index in [0.29, 0.717) is 5.84 Å². The van der Waals surface area contributed by atoms with Crippen molar-refractivity contribution >= 4 is 23.3 Å². The summed E-state index contributed by atoms with van der Waals surface area (Å²) in [5.41, 5.74) is 5.71. The molecule has 0 aromatic heterocycles. The van der Waals surface area contributed by atoms with Gasteiger partial charge in [0, 0.05) is 17.1 Å². The quantitative estimate of drug-likeness (QED) is 0.825. The molecular formula is C16H16N2OS. The van der Waals surface area contributed by atoms with E-state index in [4.69, 9.17) is 5.21 Å². The summed E-state index contributed by atoms with van der Waals surface area (Å²) >= 11 is 1.79. The maximum atomic E-state index is 9.00. The molecular weight excluding hydrogens is 268 g/mol. The Balaban J connectivity index is 1.86. The zero-order chi connectivity index (χ0) is 13.8. The van der Waals surface area contributed by atoms with E-state index in [-0.39, 0.29) is 0 Å². The Hall–Kier alpha value is -1.78. The Kier molecular flexibility index (Phi) is 4.04. The molecule has 0 spiro atoms. The Bertz CT molecular complexity index is 626. The highest BCUT2D eigenvalue weighted by molar-refractivity contribution is 7.99. The van der Waals surface area contributed by atoms with Crippen molar-refractivity contribution in [3.05, 3.63) is 59.7 Å². The molecule has 0 aliphatic carbocycles. The van der Waals surface area contributed by atoms with Gasteiger partial charge in [0.2, 0.25) is 0 Å². The zero-order valence-electron chi connectivity index (χ0n) is 11.0. The van der Waals surface area contributed by atoms with Gasteiger partial charge in [-0.1, -0.05) is 36.4 Å². The van der Waals surface area contributed by atoms with Crippen molar-refractivity contribution in [2.45, 2.75) is 17.7 Å². The van der Waals surface area contributed by atoms with Gasteiger partial charge in [0.05, 0.1) is 5.69 Å². The van der Waals surface area contributed by atoms with E-state index < -0.39 is 0 Å². The third kappa shape index (κ3) is 3.03. The normalized spacial score (nSPS) is 14.2. The number of aliphatic imine (C=N–C) groups is 1. The van der Waals surface area contributed by atoms with E-state index in [0.717, 1.165) is 24.3 Å². The van der Waals surface area contributed by atoms with E-state index >= 15 is 0 Å². The van der Waals surface area contributed by atoms with Crippen LogP contribution in [0, 0.1) is 0 Å². The number of nitrogens with one attached hydrogen (secondary N) is 1. The van der Waals surface area contributed by atoms with Crippen molar-refractivity contribution in [2.24, 2.45) is 4.99 Å². The molecule has 1 heterocycles. The molecule has 0 atom stereocenters. The van der Waals surface area contributed by atoms with Gasteiger partial charge in [-0.3, -0.25) is 10.7 Å². The van der Waals surface area contributed by atoms with Crippen LogP contribution in [-0.4, -0.2) is 16.8 Å². The van der Waals surface area contributed by atoms with E-state index in [9.17, 15) is 0 Å². The molecule has 0 unspecified atom stereocenters. The van der Waals surface area contributed by atoms with Gasteiger partial charge in [-0.05, 0) is 29.7 Å². The third-order valence-corrected chi connectivity index (χ3v) is 4.30. The molecule has 3 rings (SSSR count). The van der Waals surface area contributed by atoms with Gasteiger partial charge in [-0.25, -0.2) is 4.99 Å². The summed E-state index contributed by atoms with van der Waals surface area (Å²) < 4.78 is 0. The standard InChI is InChI=1S/C16H16N2OS/c19-18-16-8-9-20-15-11-13(6-7-14(15)17-16)10-12-4-2-1-3-5-12/h1-7,11,19H,8-10H2,(H,17,18). The minimum atomic E-state index is 0.632. The van der Waals surface area contributed by atoms with Crippen LogP contribution in [0.3, 0.4) is 0 Å². The van der Waals surface area contributed by atoms with Crippen LogP contribution in [0.4, 0.5) is 5.69 Å². The monoisotopic (exact) mass is 284 g/mol. The minimum Gasteiger partial charge on any atom is -0.290 e. The Morgan fingerprint density at radius 1 is 1.10 bits per heavy atom. The van der Waals surface area contributed by atoms with Gasteiger partial charge in [0.1, 0.15) is 5.84 Å². The molecule has 102 valence electrons. The van der Waals surface area contributed by atoms with Gasteiger partial charge in [-0.15, -0.1) is 11.8 Å². The number of hydroxylamine groups is 1. The number of nitrogens with zero attached hydrogens (tertiary/aromatic N) is 1. The fraction of sp³-hybridized carbons (Fsp3) is 0.188. The second kappa shape index (κ2) is 6.11. The molecule has 2 aromatic rings. The van der Waals surface area contributed by atoms with Gasteiger partial charge >= 0.3 is 0 Å². The van der Waals surface area contributed by atoms with Crippen molar-refractivity contribution in [1.82, 2.24) is 5.48 Å². The lowest BCUT2D eigenvalue weighted by Gasteiger charge is -2.07. The highest BCUT2D eigenvalue weighted by Crippen LogP contribution is 2.34. The van der Waals surface area contributed by atoms with Gasteiger partial charge in [-0.2, -0.15) is 0 Å². The first-order valence-electron chi connectivity index (χ1n) is 6.62. The van der Waals surface area contributed by atoms with Gasteiger partial charge in [0.25, 0.3) is 0 Å². The smallest absolute Gasteiger partial charge is 0.127 e. The summed E-state index contributed by atoms with van der Waals surface area (Å²) in [4.78, 5) is 5.62. The maximum Gasteiger partial charge on any atom is 0.127 e. The van der Waals surface area contributed by atoms with Crippen LogP contribution < -0.4 is 5.48 Å². The van der Waals surface area contributed by atoms with Crippen LogP contribution in [0.2, 0.25) is 0 Å². The van der Waals surface area contributed by atoms with Gasteiger partial charge < -0.3 is 0 Å². The summed E-state index contributed by atoms with van der Waals surface area (Å²) in [7, 11) is 0. The first-order valence-corrected chi connectivity index (χ1v) is 7.61. The average molecular weight is 284 g/mol. The number of rotatable bonds is 2. The SMILES string of the molecule is ONC1=Nc2ccc(Cc3ccccc3)cc2SCC1. The van der Waals surface area contributed by atoms with E-state index in [1.54, 1.807) is 11.8 Å². The number of thioether (sulfide) groups is 1. The van der Waals surface area contributed by atoms with Crippen LogP contribution in [-0.2, 0) is 6.42 Å². The molecule has 20 heavy (non-hydrogen) atoms. The first kappa shape index (κ1) is 13.2. The van der Waals surface area contributed by atoms with E-state index in [1.165, 1.54) is 16.0 Å². The Labute approximate surface area is 122 Å². The van der Waals surface area contributed by atoms with Crippen molar-refractivity contribution in [3.63, 3.8) is 0 Å². The van der Waals surface area contributed by atoms with E-state index in [2.05, 4.69) is 46.9 Å². The van der Waals surface area contributed by atoms with Crippen molar-refractivity contribution < 1.29 is 5.21 Å². The number of amidine groups is 1. The summed E-state index contributed by atoms with van der Waals surface area (Å²) in [5, 5.41) is 9.00. The van der Waals surface area contributed by atoms with Crippen LogP contribution in [0.5, 0.6) is 0 Å². The first-order chi connectivity index (χ1) is 9.85. The van der Waals surface area contributed by atoms with Crippen molar-refractivity contribution in [1.29, 1.82) is 0 Å². The molecule has 4 heteroatoms. The lowest BCUT2D eigenvalue weighted by Crippen LogP contribution is -2.18. The molecule has 1 aliphatic rings. The molecule has 0 saturated carbocycles. The molecule has 0 radical (unpaired) electrons. The van der Waals surface area contributed by atoms with Gasteiger partial charge in [0.15, 0.2) is 0 Å². The second-order valence-corrected chi connectivity index (χ2v) is 5.87. The van der Waals surface area contributed by atoms with Crippen LogP contribution >= 0.6 is 11.8 Å². The molecule has 0 bridgehead atoms. The van der Waals surface area contributed by atoms with Crippen molar-refractivity contribution in [2.75, 3.05) is 5.75 Å². The second-order valence-electron chi connectivity index (χ2n) is 4.73. The molecule has 0 amide bonds. The number of fused-ring (bicyclic) bond motifs is 1. The molecule has 1 aliphatic heterocycles. The lowest BCUT2D eigenvalue weighted by atomic mass is 10.0. The summed E-state index contributed by atoms with van der Waals surface area (Å²) in [6, 6.07) is 16.8. The Morgan fingerprint density at radius 2 is 1.95 bits per heavy atom. The van der Waals surface area contributed by atoms with Crippen molar-refractivity contribution in [3.8, 4) is 0 Å². The molecule has 2 aromatic carbocycles. The zero-order valence-corrected chi connectivity index (χ0v) is 11.9.